The Morgan fingerprint density at radius 3 is 2.76 bits per heavy atom. The van der Waals surface area contributed by atoms with E-state index in [0.717, 1.165) is 23.1 Å². The van der Waals surface area contributed by atoms with Crippen LogP contribution in [0.5, 0.6) is 0 Å². The van der Waals surface area contributed by atoms with Gasteiger partial charge in [-0.3, -0.25) is 9.48 Å². The molecule has 1 aliphatic rings. The Morgan fingerprint density at radius 1 is 1.53 bits per heavy atom. The highest BCUT2D eigenvalue weighted by Gasteiger charge is 2.38. The number of halogens is 1. The van der Waals surface area contributed by atoms with E-state index < -0.39 is 5.60 Å². The maximum Gasteiger partial charge on any atom is 0.133 e. The van der Waals surface area contributed by atoms with E-state index in [0.29, 0.717) is 25.7 Å². The number of ketones is 1. The zero-order valence-corrected chi connectivity index (χ0v) is 11.5. The van der Waals surface area contributed by atoms with Gasteiger partial charge in [0, 0.05) is 19.4 Å². The van der Waals surface area contributed by atoms with E-state index in [4.69, 9.17) is 0 Å². The van der Waals surface area contributed by atoms with Crippen LogP contribution in [0.2, 0.25) is 0 Å². The van der Waals surface area contributed by atoms with E-state index in [9.17, 15) is 9.90 Å². The SMILES string of the molecule is CCCn1ncc(Br)c1C1(O)CCC(=O)CC1. The van der Waals surface area contributed by atoms with Crippen molar-refractivity contribution in [3.63, 3.8) is 0 Å². The molecule has 0 radical (unpaired) electrons. The summed E-state index contributed by atoms with van der Waals surface area (Å²) in [5, 5.41) is 15.0. The van der Waals surface area contributed by atoms with Crippen molar-refractivity contribution < 1.29 is 9.90 Å². The molecule has 1 aliphatic carbocycles. The number of aromatic nitrogens is 2. The van der Waals surface area contributed by atoms with Crippen molar-refractivity contribution in [1.82, 2.24) is 9.78 Å². The Kier molecular flexibility index (Phi) is 3.68. The van der Waals surface area contributed by atoms with Gasteiger partial charge in [-0.05, 0) is 35.2 Å². The van der Waals surface area contributed by atoms with Crippen LogP contribution in [0.1, 0.15) is 44.7 Å². The van der Waals surface area contributed by atoms with Crippen LogP contribution in [0, 0.1) is 0 Å². The minimum absolute atomic E-state index is 0.243. The summed E-state index contributed by atoms with van der Waals surface area (Å²) in [5.74, 6) is 0.243. The number of carbonyl (C=O) groups is 1. The molecule has 0 unspecified atom stereocenters. The van der Waals surface area contributed by atoms with Crippen molar-refractivity contribution in [2.75, 3.05) is 0 Å². The number of carbonyl (C=O) groups excluding carboxylic acids is 1. The van der Waals surface area contributed by atoms with Gasteiger partial charge < -0.3 is 5.11 Å². The molecule has 1 N–H and O–H groups in total. The van der Waals surface area contributed by atoms with Gasteiger partial charge in [0.2, 0.25) is 0 Å². The quantitative estimate of drug-likeness (QED) is 0.932. The van der Waals surface area contributed by atoms with Gasteiger partial charge >= 0.3 is 0 Å². The van der Waals surface area contributed by atoms with Crippen LogP contribution >= 0.6 is 15.9 Å². The molecule has 1 heterocycles. The van der Waals surface area contributed by atoms with E-state index in [-0.39, 0.29) is 5.78 Å². The van der Waals surface area contributed by atoms with E-state index in [1.165, 1.54) is 0 Å². The first-order chi connectivity index (χ1) is 8.07. The second kappa shape index (κ2) is 4.90. The molecular formula is C12H17BrN2O2. The van der Waals surface area contributed by atoms with Crippen LogP contribution < -0.4 is 0 Å². The van der Waals surface area contributed by atoms with Crippen LogP contribution in [-0.4, -0.2) is 20.7 Å². The normalized spacial score (nSPS) is 19.6. The number of nitrogens with zero attached hydrogens (tertiary/aromatic N) is 2. The first-order valence-electron chi connectivity index (χ1n) is 6.02. The maximum absolute atomic E-state index is 11.3. The van der Waals surface area contributed by atoms with Gasteiger partial charge in [-0.25, -0.2) is 0 Å². The van der Waals surface area contributed by atoms with Crippen molar-refractivity contribution in [2.24, 2.45) is 0 Å². The minimum atomic E-state index is -0.904. The summed E-state index contributed by atoms with van der Waals surface area (Å²) >= 11 is 3.44. The second-order valence-electron chi connectivity index (χ2n) is 4.63. The van der Waals surface area contributed by atoms with Crippen LogP contribution in [0.25, 0.3) is 0 Å². The third-order valence-corrected chi connectivity index (χ3v) is 3.89. The van der Waals surface area contributed by atoms with Gasteiger partial charge in [0.25, 0.3) is 0 Å². The molecule has 1 saturated carbocycles. The smallest absolute Gasteiger partial charge is 0.133 e. The monoisotopic (exact) mass is 300 g/mol. The molecule has 2 rings (SSSR count). The average Bonchev–Trinajstić information content (AvgIpc) is 2.66. The lowest BCUT2D eigenvalue weighted by atomic mass is 9.82. The highest BCUT2D eigenvalue weighted by atomic mass is 79.9. The van der Waals surface area contributed by atoms with E-state index in [2.05, 4.69) is 28.0 Å². The Morgan fingerprint density at radius 2 is 2.18 bits per heavy atom. The molecule has 0 aliphatic heterocycles. The fourth-order valence-electron chi connectivity index (χ4n) is 2.39. The molecular weight excluding hydrogens is 284 g/mol. The topological polar surface area (TPSA) is 55.1 Å². The average molecular weight is 301 g/mol. The molecule has 94 valence electrons. The minimum Gasteiger partial charge on any atom is -0.383 e. The predicted octanol–water partition coefficient (Wildman–Crippen LogP) is 2.39. The Labute approximate surface area is 109 Å². The van der Waals surface area contributed by atoms with Crippen LogP contribution in [-0.2, 0) is 16.9 Å². The molecule has 0 bridgehead atoms. The molecule has 0 aromatic carbocycles. The van der Waals surface area contributed by atoms with Gasteiger partial charge in [-0.1, -0.05) is 6.92 Å². The molecule has 0 spiro atoms. The Bertz CT molecular complexity index is 418. The van der Waals surface area contributed by atoms with Crippen LogP contribution in [0.4, 0.5) is 0 Å². The maximum atomic E-state index is 11.3. The van der Waals surface area contributed by atoms with Crippen molar-refractivity contribution in [3.05, 3.63) is 16.4 Å². The predicted molar refractivity (Wildman–Crippen MR) is 67.6 cm³/mol. The molecule has 1 aromatic rings. The summed E-state index contributed by atoms with van der Waals surface area (Å²) in [6.07, 6.45) is 4.61. The first-order valence-corrected chi connectivity index (χ1v) is 6.82. The van der Waals surface area contributed by atoms with Gasteiger partial charge in [0.1, 0.15) is 11.4 Å². The van der Waals surface area contributed by atoms with E-state index in [1.807, 2.05) is 4.68 Å². The van der Waals surface area contributed by atoms with Crippen molar-refractivity contribution >= 4 is 21.7 Å². The zero-order chi connectivity index (χ0) is 12.5. The Hall–Kier alpha value is -0.680. The van der Waals surface area contributed by atoms with Gasteiger partial charge in [0.05, 0.1) is 16.4 Å². The van der Waals surface area contributed by atoms with Crippen molar-refractivity contribution in [1.29, 1.82) is 0 Å². The van der Waals surface area contributed by atoms with Crippen molar-refractivity contribution in [3.8, 4) is 0 Å². The lowest BCUT2D eigenvalue weighted by Gasteiger charge is -2.32. The highest BCUT2D eigenvalue weighted by molar-refractivity contribution is 9.10. The van der Waals surface area contributed by atoms with E-state index in [1.54, 1.807) is 6.20 Å². The molecule has 1 fully saturated rings. The van der Waals surface area contributed by atoms with Gasteiger partial charge in [-0.15, -0.1) is 0 Å². The fraction of sp³-hybridized carbons (Fsp3) is 0.667. The molecule has 17 heavy (non-hydrogen) atoms. The fourth-order valence-corrected chi connectivity index (χ4v) is 3.05. The summed E-state index contributed by atoms with van der Waals surface area (Å²) < 4.78 is 2.68. The molecule has 0 amide bonds. The zero-order valence-electron chi connectivity index (χ0n) is 9.95. The van der Waals surface area contributed by atoms with Crippen LogP contribution in [0.3, 0.4) is 0 Å². The first kappa shape index (κ1) is 12.8. The molecule has 4 nitrogen and oxygen atoms in total. The van der Waals surface area contributed by atoms with Crippen LogP contribution in [0.15, 0.2) is 10.7 Å². The van der Waals surface area contributed by atoms with Crippen molar-refractivity contribution in [2.45, 2.75) is 51.2 Å². The number of aryl methyl sites for hydroxylation is 1. The summed E-state index contributed by atoms with van der Waals surface area (Å²) in [5.41, 5.74) is -0.0786. The third kappa shape index (κ3) is 2.45. The lowest BCUT2D eigenvalue weighted by molar-refractivity contribution is -0.126. The molecule has 0 saturated heterocycles. The third-order valence-electron chi connectivity index (χ3n) is 3.31. The van der Waals surface area contributed by atoms with Gasteiger partial charge in [-0.2, -0.15) is 5.10 Å². The number of Topliss-reactive ketones (excluding diaryl/α,β-unsaturated/α-hetero) is 1. The van der Waals surface area contributed by atoms with E-state index >= 15 is 0 Å². The summed E-state index contributed by atoms with van der Waals surface area (Å²) in [6.45, 7) is 2.87. The number of hydrogen-bond donors (Lipinski definition) is 1. The number of rotatable bonds is 3. The molecule has 1 aromatic heterocycles. The number of aliphatic hydroxyl groups is 1. The highest BCUT2D eigenvalue weighted by Crippen LogP contribution is 2.39. The van der Waals surface area contributed by atoms with Gasteiger partial charge in [0.15, 0.2) is 0 Å². The molecule has 0 atom stereocenters. The largest absolute Gasteiger partial charge is 0.383 e. The Balaban J connectivity index is 2.31. The summed E-state index contributed by atoms with van der Waals surface area (Å²) in [7, 11) is 0. The molecule has 5 heteroatoms. The number of hydrogen-bond acceptors (Lipinski definition) is 3. The summed E-state index contributed by atoms with van der Waals surface area (Å²) in [6, 6.07) is 0. The standard InChI is InChI=1S/C12H17BrN2O2/c1-2-7-15-11(10(13)8-14-15)12(17)5-3-9(16)4-6-12/h8,17H,2-7H2,1H3. The summed E-state index contributed by atoms with van der Waals surface area (Å²) in [4.78, 5) is 11.3. The lowest BCUT2D eigenvalue weighted by Crippen LogP contribution is -2.34. The second-order valence-corrected chi connectivity index (χ2v) is 5.49.